The number of benzene rings is 1. The number of rotatable bonds is 4. The van der Waals surface area contributed by atoms with Crippen LogP contribution >= 0.6 is 0 Å². The minimum Gasteiger partial charge on any atom is -0.490 e. The largest absolute Gasteiger partial charge is 0.490 e. The van der Waals surface area contributed by atoms with Crippen LogP contribution in [0.3, 0.4) is 0 Å². The summed E-state index contributed by atoms with van der Waals surface area (Å²) >= 11 is 0. The molecule has 2 aliphatic heterocycles. The number of anilines is 1. The molecule has 1 aromatic heterocycles. The van der Waals surface area contributed by atoms with Crippen molar-refractivity contribution < 1.29 is 19.7 Å². The molecule has 138 valence electrons. The van der Waals surface area contributed by atoms with Gasteiger partial charge in [0.2, 0.25) is 5.91 Å². The zero-order valence-electron chi connectivity index (χ0n) is 14.4. The molecule has 0 aliphatic carbocycles. The molecule has 8 heteroatoms. The number of aliphatic hydroxyl groups is 2. The van der Waals surface area contributed by atoms with Crippen molar-refractivity contribution >= 4 is 11.6 Å². The summed E-state index contributed by atoms with van der Waals surface area (Å²) in [6, 6.07) is 9.38. The number of carbonyl (C=O) groups is 1. The van der Waals surface area contributed by atoms with Gasteiger partial charge in [0.25, 0.3) is 0 Å². The van der Waals surface area contributed by atoms with Crippen LogP contribution < -0.4 is 9.64 Å². The van der Waals surface area contributed by atoms with E-state index in [1.54, 1.807) is 11.0 Å². The summed E-state index contributed by atoms with van der Waals surface area (Å²) in [6.45, 7) is 2.96. The Morgan fingerprint density at radius 2 is 2.12 bits per heavy atom. The number of aliphatic hydroxyl groups excluding tert-OH is 2. The fraction of sp³-hybridized carbons (Fsp3) is 0.444. The Hall–Kier alpha value is -2.42. The van der Waals surface area contributed by atoms with Crippen LogP contribution in [0.2, 0.25) is 0 Å². The van der Waals surface area contributed by atoms with Gasteiger partial charge in [-0.2, -0.15) is 5.10 Å². The molecule has 0 bridgehead atoms. The van der Waals surface area contributed by atoms with E-state index in [0.29, 0.717) is 45.0 Å². The van der Waals surface area contributed by atoms with E-state index in [4.69, 9.17) is 9.84 Å². The number of hydrogen-bond acceptors (Lipinski definition) is 6. The lowest BCUT2D eigenvalue weighted by molar-refractivity contribution is -0.120. The molecule has 0 saturated carbocycles. The number of para-hydroxylation sites is 2. The third-order valence-corrected chi connectivity index (χ3v) is 4.80. The van der Waals surface area contributed by atoms with Gasteiger partial charge in [-0.25, -0.2) is 0 Å². The molecule has 4 rings (SSSR count). The monoisotopic (exact) mass is 358 g/mol. The number of carbonyl (C=O) groups excluding carboxylic acids is 1. The van der Waals surface area contributed by atoms with Crippen LogP contribution in [0.25, 0.3) is 0 Å². The normalized spacial score (nSPS) is 18.0. The fourth-order valence-corrected chi connectivity index (χ4v) is 3.44. The third kappa shape index (κ3) is 3.18. The van der Waals surface area contributed by atoms with Crippen LogP contribution in [0.1, 0.15) is 17.5 Å². The van der Waals surface area contributed by atoms with Crippen LogP contribution in [0, 0.1) is 0 Å². The van der Waals surface area contributed by atoms with Crippen molar-refractivity contribution in [2.24, 2.45) is 0 Å². The second-order valence-corrected chi connectivity index (χ2v) is 6.55. The first kappa shape index (κ1) is 17.0. The zero-order valence-corrected chi connectivity index (χ0v) is 14.4. The van der Waals surface area contributed by atoms with Gasteiger partial charge < -0.3 is 19.8 Å². The summed E-state index contributed by atoms with van der Waals surface area (Å²) in [5.41, 5.74) is 2.23. The van der Waals surface area contributed by atoms with Gasteiger partial charge in [-0.3, -0.25) is 14.4 Å². The maximum atomic E-state index is 12.8. The van der Waals surface area contributed by atoms with Crippen molar-refractivity contribution in [3.05, 3.63) is 41.7 Å². The Morgan fingerprint density at radius 1 is 1.27 bits per heavy atom. The first-order valence-corrected chi connectivity index (χ1v) is 8.76. The van der Waals surface area contributed by atoms with Crippen molar-refractivity contribution in [2.75, 3.05) is 37.7 Å². The average Bonchev–Trinajstić information content (AvgIpc) is 3.10. The van der Waals surface area contributed by atoms with Gasteiger partial charge in [-0.05, 0) is 18.2 Å². The highest BCUT2D eigenvalue weighted by atomic mass is 16.5. The topological polar surface area (TPSA) is 91.1 Å². The Balaban J connectivity index is 1.44. The van der Waals surface area contributed by atoms with Crippen LogP contribution in [0.4, 0.5) is 5.69 Å². The second-order valence-electron chi connectivity index (χ2n) is 6.55. The Labute approximate surface area is 151 Å². The van der Waals surface area contributed by atoms with Crippen molar-refractivity contribution in [3.63, 3.8) is 0 Å². The summed E-state index contributed by atoms with van der Waals surface area (Å²) in [4.78, 5) is 16.7. The van der Waals surface area contributed by atoms with Gasteiger partial charge in [0, 0.05) is 13.1 Å². The Morgan fingerprint density at radius 3 is 2.96 bits per heavy atom. The van der Waals surface area contributed by atoms with Gasteiger partial charge in [0.15, 0.2) is 0 Å². The van der Waals surface area contributed by atoms with Gasteiger partial charge in [-0.1, -0.05) is 12.1 Å². The molecule has 2 aliphatic rings. The molecule has 0 saturated heterocycles. The van der Waals surface area contributed by atoms with E-state index in [-0.39, 0.29) is 12.5 Å². The first-order valence-electron chi connectivity index (χ1n) is 8.76. The minimum absolute atomic E-state index is 0.0457. The number of hydrogen-bond donors (Lipinski definition) is 2. The van der Waals surface area contributed by atoms with E-state index in [1.807, 2.05) is 28.9 Å². The lowest BCUT2D eigenvalue weighted by Gasteiger charge is -2.33. The molecule has 0 spiro atoms. The number of fused-ring (bicyclic) bond motifs is 2. The molecule has 2 N–H and O–H groups in total. The van der Waals surface area contributed by atoms with E-state index < -0.39 is 6.10 Å². The standard InChI is InChI=1S/C18H22N4O4/c23-12-16(24)14-9-13-10-20(5-6-22(13)19-14)11-18(25)21-7-8-26-17-4-2-1-3-15(17)21/h1-4,9,16,23-24H,5-8,10-12H2/t16-/m0/s1. The van der Waals surface area contributed by atoms with E-state index in [1.165, 1.54) is 0 Å². The molecule has 1 aromatic carbocycles. The number of aromatic nitrogens is 2. The SMILES string of the molecule is O=C(CN1CCn2nc([C@@H](O)CO)cc2C1)N1CCOc2ccccc21. The van der Waals surface area contributed by atoms with Crippen LogP contribution in [-0.2, 0) is 17.9 Å². The Bertz CT molecular complexity index is 806. The predicted octanol–water partition coefficient (Wildman–Crippen LogP) is 0.150. The van der Waals surface area contributed by atoms with Gasteiger partial charge >= 0.3 is 0 Å². The lowest BCUT2D eigenvalue weighted by Crippen LogP contribution is -2.46. The molecule has 1 atom stereocenters. The highest BCUT2D eigenvalue weighted by Gasteiger charge is 2.27. The first-order chi connectivity index (χ1) is 12.7. The molecule has 3 heterocycles. The summed E-state index contributed by atoms with van der Waals surface area (Å²) in [5.74, 6) is 0.788. The highest BCUT2D eigenvalue weighted by molar-refractivity contribution is 5.96. The van der Waals surface area contributed by atoms with E-state index >= 15 is 0 Å². The average molecular weight is 358 g/mol. The lowest BCUT2D eigenvalue weighted by atomic mass is 10.2. The molecular weight excluding hydrogens is 336 g/mol. The highest BCUT2D eigenvalue weighted by Crippen LogP contribution is 2.31. The van der Waals surface area contributed by atoms with E-state index in [2.05, 4.69) is 10.00 Å². The third-order valence-electron chi connectivity index (χ3n) is 4.80. The van der Waals surface area contributed by atoms with Crippen molar-refractivity contribution in [1.29, 1.82) is 0 Å². The molecule has 1 amide bonds. The summed E-state index contributed by atoms with van der Waals surface area (Å²) in [6.07, 6.45) is -0.965. The minimum atomic E-state index is -0.965. The van der Waals surface area contributed by atoms with Gasteiger partial charge in [-0.15, -0.1) is 0 Å². The quantitative estimate of drug-likeness (QED) is 0.809. The van der Waals surface area contributed by atoms with E-state index in [0.717, 1.165) is 17.1 Å². The van der Waals surface area contributed by atoms with Crippen LogP contribution in [0.5, 0.6) is 5.75 Å². The molecule has 26 heavy (non-hydrogen) atoms. The molecule has 8 nitrogen and oxygen atoms in total. The smallest absolute Gasteiger partial charge is 0.241 e. The number of nitrogens with zero attached hydrogens (tertiary/aromatic N) is 4. The van der Waals surface area contributed by atoms with Crippen molar-refractivity contribution in [1.82, 2.24) is 14.7 Å². The van der Waals surface area contributed by atoms with Crippen LogP contribution in [0.15, 0.2) is 30.3 Å². The maximum absolute atomic E-state index is 12.8. The zero-order chi connectivity index (χ0) is 18.1. The maximum Gasteiger partial charge on any atom is 0.241 e. The second kappa shape index (κ2) is 7.06. The van der Waals surface area contributed by atoms with Crippen LogP contribution in [-0.4, -0.2) is 63.6 Å². The van der Waals surface area contributed by atoms with Crippen molar-refractivity contribution in [2.45, 2.75) is 19.2 Å². The van der Waals surface area contributed by atoms with Crippen molar-refractivity contribution in [3.8, 4) is 5.75 Å². The Kier molecular flexibility index (Phi) is 4.62. The summed E-state index contributed by atoms with van der Waals surface area (Å²) in [7, 11) is 0. The number of ether oxygens (including phenoxy) is 1. The fourth-order valence-electron chi connectivity index (χ4n) is 3.44. The van der Waals surface area contributed by atoms with Gasteiger partial charge in [0.1, 0.15) is 18.5 Å². The summed E-state index contributed by atoms with van der Waals surface area (Å²) in [5, 5.41) is 23.1. The molecule has 0 unspecified atom stereocenters. The predicted molar refractivity (Wildman–Crippen MR) is 93.8 cm³/mol. The van der Waals surface area contributed by atoms with E-state index in [9.17, 15) is 9.90 Å². The molecular formula is C18H22N4O4. The number of amides is 1. The summed E-state index contributed by atoms with van der Waals surface area (Å²) < 4.78 is 7.45. The molecule has 0 radical (unpaired) electrons. The molecule has 0 fully saturated rings. The van der Waals surface area contributed by atoms with Gasteiger partial charge in [0.05, 0.1) is 43.3 Å². The molecule has 2 aromatic rings.